The third kappa shape index (κ3) is 6.77. The number of halogens is 5. The van der Waals surface area contributed by atoms with E-state index < -0.39 is 35.7 Å². The molecule has 4 aliphatic carbocycles. The first-order chi connectivity index (χ1) is 16.9. The molecule has 5 rings (SSSR count). The number of fused-ring (bicyclic) bond motifs is 3. The Labute approximate surface area is 218 Å². The fourth-order valence-corrected chi connectivity index (χ4v) is 6.61. The van der Waals surface area contributed by atoms with Gasteiger partial charge in [-0.15, -0.1) is 36.4 Å². The van der Waals surface area contributed by atoms with Crippen LogP contribution in [0.1, 0.15) is 64.2 Å². The molecule has 13 heteroatoms. The highest BCUT2D eigenvalue weighted by molar-refractivity contribution is 6.30. The van der Waals surface area contributed by atoms with Gasteiger partial charge in [-0.25, -0.2) is 0 Å². The van der Waals surface area contributed by atoms with Crippen LogP contribution in [0.15, 0.2) is 0 Å². The molecule has 0 aromatic carbocycles. The smallest absolute Gasteiger partial charge is 0.391 e. The van der Waals surface area contributed by atoms with Crippen molar-refractivity contribution in [2.45, 2.75) is 117 Å². The fourth-order valence-electron chi connectivity index (χ4n) is 6.06. The highest BCUT2D eigenvalue weighted by atomic mass is 35.5. The van der Waals surface area contributed by atoms with E-state index in [1.165, 1.54) is 0 Å². The van der Waals surface area contributed by atoms with Crippen molar-refractivity contribution >= 4 is 35.0 Å². The number of rotatable bonds is 7. The summed E-state index contributed by atoms with van der Waals surface area (Å²) in [6.07, 6.45) is -1.82. The number of hydrogen-bond acceptors (Lipinski definition) is 6. The van der Waals surface area contributed by atoms with Crippen LogP contribution in [-0.4, -0.2) is 82.6 Å². The highest BCUT2D eigenvalue weighted by Gasteiger charge is 2.55. The Kier molecular flexibility index (Phi) is 8.68. The minimum absolute atomic E-state index is 0.0662. The summed E-state index contributed by atoms with van der Waals surface area (Å²) in [5.74, 6) is -0.586. The predicted octanol–water partition coefficient (Wildman–Crippen LogP) is 2.48. The largest absolute Gasteiger partial charge is 0.522 e. The normalized spacial score (nSPS) is 41.1. The van der Waals surface area contributed by atoms with Crippen molar-refractivity contribution in [2.24, 2.45) is 0 Å². The van der Waals surface area contributed by atoms with Crippen molar-refractivity contribution in [2.75, 3.05) is 13.2 Å². The van der Waals surface area contributed by atoms with Crippen LogP contribution in [0.25, 0.3) is 0 Å². The molecule has 1 aliphatic heterocycles. The second kappa shape index (κ2) is 11.1. The first-order valence-electron chi connectivity index (χ1n) is 12.6. The highest BCUT2D eigenvalue weighted by Crippen LogP contribution is 2.47. The topological polar surface area (TPSA) is 109 Å². The summed E-state index contributed by atoms with van der Waals surface area (Å²) in [6.45, 7) is -0.187. The molecule has 206 valence electrons. The third-order valence-corrected chi connectivity index (χ3v) is 9.31. The lowest BCUT2D eigenvalue weighted by atomic mass is 9.59. The maximum Gasteiger partial charge on any atom is 0.522 e. The Hall–Kier alpha value is -0.850. The zero-order chi connectivity index (χ0) is 26.1. The quantitative estimate of drug-likeness (QED) is 0.357. The second-order valence-electron chi connectivity index (χ2n) is 10.7. The van der Waals surface area contributed by atoms with Gasteiger partial charge in [0.05, 0.1) is 40.6 Å². The monoisotopic (exact) mass is 559 g/mol. The molecule has 5 aliphatic rings. The van der Waals surface area contributed by atoms with E-state index in [2.05, 4.69) is 20.7 Å². The Morgan fingerprint density at radius 2 is 1.69 bits per heavy atom. The van der Waals surface area contributed by atoms with Crippen LogP contribution in [0.2, 0.25) is 0 Å². The third-order valence-electron chi connectivity index (χ3n) is 8.18. The minimum atomic E-state index is -4.70. The van der Waals surface area contributed by atoms with Gasteiger partial charge in [-0.05, 0) is 64.2 Å². The van der Waals surface area contributed by atoms with Crippen LogP contribution in [0.5, 0.6) is 0 Å². The first kappa shape index (κ1) is 28.2. The van der Waals surface area contributed by atoms with Crippen molar-refractivity contribution in [1.82, 2.24) is 16.0 Å². The van der Waals surface area contributed by atoms with Gasteiger partial charge in [0.1, 0.15) is 6.61 Å². The molecule has 4 N–H and O–H groups in total. The van der Waals surface area contributed by atoms with Gasteiger partial charge in [-0.2, -0.15) is 0 Å². The molecule has 4 saturated carbocycles. The lowest BCUT2D eigenvalue weighted by molar-refractivity contribution is -0.343. The first-order valence-corrected chi connectivity index (χ1v) is 13.4. The van der Waals surface area contributed by atoms with E-state index in [-0.39, 0.29) is 54.7 Å². The summed E-state index contributed by atoms with van der Waals surface area (Å²) < 4.78 is 47.0. The summed E-state index contributed by atoms with van der Waals surface area (Å²) >= 11 is 12.3. The molecule has 6 atom stereocenters. The van der Waals surface area contributed by atoms with E-state index in [1.54, 1.807) is 0 Å². The maximum absolute atomic E-state index is 12.9. The minimum Gasteiger partial charge on any atom is -0.391 e. The van der Waals surface area contributed by atoms with Crippen LogP contribution in [0.3, 0.4) is 0 Å². The van der Waals surface area contributed by atoms with Gasteiger partial charge >= 0.3 is 6.36 Å². The number of amides is 2. The van der Waals surface area contributed by atoms with Gasteiger partial charge < -0.3 is 25.8 Å². The van der Waals surface area contributed by atoms with Crippen LogP contribution >= 0.6 is 23.2 Å². The van der Waals surface area contributed by atoms with Crippen molar-refractivity contribution in [3.05, 3.63) is 0 Å². The molecular formula is C23H34Cl2F3N3O5. The molecule has 1 saturated heterocycles. The molecule has 8 nitrogen and oxygen atoms in total. The number of aliphatic hydroxyl groups excluding tert-OH is 1. The van der Waals surface area contributed by atoms with Crippen LogP contribution in [-0.2, 0) is 19.1 Å². The molecule has 0 spiro atoms. The van der Waals surface area contributed by atoms with Gasteiger partial charge in [-0.1, -0.05) is 0 Å². The Balaban J connectivity index is 1.23. The predicted molar refractivity (Wildman–Crippen MR) is 126 cm³/mol. The molecule has 2 amide bonds. The summed E-state index contributed by atoms with van der Waals surface area (Å²) in [5.41, 5.74) is -1.36. The number of aliphatic hydroxyl groups is 1. The fraction of sp³-hybridized carbons (Fsp3) is 0.913. The average molecular weight is 560 g/mol. The van der Waals surface area contributed by atoms with Gasteiger partial charge in [0.15, 0.2) is 0 Å². The molecule has 0 radical (unpaired) electrons. The van der Waals surface area contributed by atoms with E-state index in [4.69, 9.17) is 27.9 Å². The van der Waals surface area contributed by atoms with Gasteiger partial charge in [-0.3, -0.25) is 14.3 Å². The number of carbonyl (C=O) groups excluding carboxylic acids is 2. The molecule has 0 aromatic rings. The number of carbonyl (C=O) groups is 2. The number of hydrogen-bond donors (Lipinski definition) is 4. The van der Waals surface area contributed by atoms with E-state index >= 15 is 0 Å². The lowest BCUT2D eigenvalue weighted by Gasteiger charge is -2.56. The van der Waals surface area contributed by atoms with Crippen molar-refractivity contribution < 1.29 is 37.3 Å². The number of alkyl halides is 5. The Morgan fingerprint density at radius 1 is 1.00 bits per heavy atom. The molecule has 1 heterocycles. The van der Waals surface area contributed by atoms with Crippen molar-refractivity contribution in [3.63, 3.8) is 0 Å². The summed E-state index contributed by atoms with van der Waals surface area (Å²) in [6, 6.07) is -0.614. The average Bonchev–Trinajstić information content (AvgIpc) is 2.80. The number of piperidine rings is 1. The van der Waals surface area contributed by atoms with E-state index in [1.807, 2.05) is 0 Å². The standard InChI is InChI=1S/C23H34Cl2F3N3O5/c24-15-3-1-13(9-16(15)25)35-12-19(33)30-22-7-5-21(6-8-22,10-18(22)32)31-20(34)17-4-2-14(11-29-17)36-23(26,27)28/h13-18,29,32H,1-12H2,(H,30,33)(H,31,34)/t13?,14?,15?,16?,17?,18-,21?,22?/m0/s1. The van der Waals surface area contributed by atoms with Crippen LogP contribution in [0.4, 0.5) is 13.2 Å². The van der Waals surface area contributed by atoms with Crippen LogP contribution in [0, 0.1) is 0 Å². The van der Waals surface area contributed by atoms with E-state index in [9.17, 15) is 27.9 Å². The number of nitrogens with one attached hydrogen (secondary N) is 3. The zero-order valence-corrected chi connectivity index (χ0v) is 21.4. The molecule has 2 bridgehead atoms. The lowest BCUT2D eigenvalue weighted by Crippen LogP contribution is -2.71. The Morgan fingerprint density at radius 3 is 2.28 bits per heavy atom. The van der Waals surface area contributed by atoms with Gasteiger partial charge in [0.2, 0.25) is 11.8 Å². The molecule has 5 unspecified atom stereocenters. The molecular weight excluding hydrogens is 526 g/mol. The van der Waals surface area contributed by atoms with Crippen molar-refractivity contribution in [3.8, 4) is 0 Å². The van der Waals surface area contributed by atoms with E-state index in [0.717, 1.165) is 12.8 Å². The van der Waals surface area contributed by atoms with Gasteiger partial charge in [0, 0.05) is 12.1 Å². The van der Waals surface area contributed by atoms with Gasteiger partial charge in [0.25, 0.3) is 0 Å². The second-order valence-corrected chi connectivity index (χ2v) is 11.8. The summed E-state index contributed by atoms with van der Waals surface area (Å²) in [7, 11) is 0. The molecule has 0 aromatic heterocycles. The van der Waals surface area contributed by atoms with Crippen LogP contribution < -0.4 is 16.0 Å². The zero-order valence-electron chi connectivity index (χ0n) is 19.9. The van der Waals surface area contributed by atoms with E-state index in [0.29, 0.717) is 38.5 Å². The number of ether oxygens (including phenoxy) is 2. The molecule has 5 fully saturated rings. The molecule has 36 heavy (non-hydrogen) atoms. The van der Waals surface area contributed by atoms with Crippen molar-refractivity contribution in [1.29, 1.82) is 0 Å². The SMILES string of the molecule is O=C(COC1CCC(Cl)C(Cl)C1)NC12CCC(NC(=O)C3CCC(OC(F)(F)F)CN3)(CC1)C[C@@H]2O. The summed E-state index contributed by atoms with van der Waals surface area (Å²) in [4.78, 5) is 25.5. The summed E-state index contributed by atoms with van der Waals surface area (Å²) in [5, 5.41) is 19.5. The Bertz CT molecular complexity index is 804. The maximum atomic E-state index is 12.9.